The number of aromatic nitrogens is 1. The largest absolute Gasteiger partial charge is 0.493 e. The fourth-order valence-electron chi connectivity index (χ4n) is 4.39. The van der Waals surface area contributed by atoms with Gasteiger partial charge in [-0.1, -0.05) is 51.1 Å². The molecule has 1 heterocycles. The second-order valence-electron chi connectivity index (χ2n) is 10.5. The van der Waals surface area contributed by atoms with E-state index in [0.717, 1.165) is 5.56 Å². The lowest BCUT2D eigenvalue weighted by Crippen LogP contribution is -2.45. The highest BCUT2D eigenvalue weighted by molar-refractivity contribution is 5.98. The number of para-hydroxylation sites is 1. The molecule has 0 bridgehead atoms. The SMILES string of the molecule is CC[C@H](Cc1ccc(F)cc1)[C@@H](Oc1ccccc1)[C@H](C)OC(=O)[C@H](C)NC(=O)c1nccc(OC)c1OC(=O)C(C)C. The van der Waals surface area contributed by atoms with E-state index in [9.17, 15) is 18.8 Å². The number of benzene rings is 2. The van der Waals surface area contributed by atoms with Gasteiger partial charge in [-0.25, -0.2) is 14.2 Å². The summed E-state index contributed by atoms with van der Waals surface area (Å²) in [4.78, 5) is 42.7. The fraction of sp³-hybridized carbons (Fsp3) is 0.394. The third-order valence-corrected chi connectivity index (χ3v) is 6.86. The van der Waals surface area contributed by atoms with Gasteiger partial charge in [0, 0.05) is 18.2 Å². The molecule has 4 atom stereocenters. The highest BCUT2D eigenvalue weighted by Gasteiger charge is 2.33. The predicted octanol–water partition coefficient (Wildman–Crippen LogP) is 5.56. The summed E-state index contributed by atoms with van der Waals surface area (Å²) in [6.07, 6.45) is 1.34. The van der Waals surface area contributed by atoms with E-state index in [0.29, 0.717) is 18.6 Å². The van der Waals surface area contributed by atoms with Gasteiger partial charge in [0.05, 0.1) is 13.0 Å². The van der Waals surface area contributed by atoms with Crippen LogP contribution in [0.2, 0.25) is 0 Å². The van der Waals surface area contributed by atoms with Gasteiger partial charge < -0.3 is 24.3 Å². The number of rotatable bonds is 14. The van der Waals surface area contributed by atoms with Gasteiger partial charge in [-0.2, -0.15) is 0 Å². The van der Waals surface area contributed by atoms with Crippen molar-refractivity contribution >= 4 is 17.8 Å². The molecular formula is C33H39FN2O7. The molecule has 9 nitrogen and oxygen atoms in total. The second-order valence-corrected chi connectivity index (χ2v) is 10.5. The Labute approximate surface area is 251 Å². The van der Waals surface area contributed by atoms with Crippen molar-refractivity contribution in [1.82, 2.24) is 10.3 Å². The first-order valence-electron chi connectivity index (χ1n) is 14.3. The van der Waals surface area contributed by atoms with Crippen LogP contribution in [0.5, 0.6) is 17.2 Å². The molecule has 1 aromatic heterocycles. The second kappa shape index (κ2) is 15.7. The first-order chi connectivity index (χ1) is 20.5. The quantitative estimate of drug-likeness (QED) is 0.242. The van der Waals surface area contributed by atoms with Crippen LogP contribution in [-0.2, 0) is 20.7 Å². The van der Waals surface area contributed by atoms with Crippen LogP contribution in [0.1, 0.15) is 57.1 Å². The molecule has 0 saturated heterocycles. The molecule has 0 aliphatic rings. The van der Waals surface area contributed by atoms with E-state index in [1.165, 1.54) is 38.4 Å². The van der Waals surface area contributed by atoms with Gasteiger partial charge in [-0.15, -0.1) is 0 Å². The van der Waals surface area contributed by atoms with Crippen LogP contribution >= 0.6 is 0 Å². The van der Waals surface area contributed by atoms with Gasteiger partial charge in [0.15, 0.2) is 11.4 Å². The maximum Gasteiger partial charge on any atom is 0.328 e. The molecule has 1 amide bonds. The third-order valence-electron chi connectivity index (χ3n) is 6.86. The van der Waals surface area contributed by atoms with Gasteiger partial charge in [0.1, 0.15) is 29.8 Å². The summed E-state index contributed by atoms with van der Waals surface area (Å²) < 4.78 is 36.3. The number of carbonyl (C=O) groups is 3. The van der Waals surface area contributed by atoms with E-state index in [1.54, 1.807) is 32.9 Å². The Morgan fingerprint density at radius 1 is 0.930 bits per heavy atom. The van der Waals surface area contributed by atoms with Crippen molar-refractivity contribution in [2.75, 3.05) is 7.11 Å². The van der Waals surface area contributed by atoms with Crippen molar-refractivity contribution < 1.29 is 37.7 Å². The predicted molar refractivity (Wildman–Crippen MR) is 158 cm³/mol. The molecule has 0 unspecified atom stereocenters. The normalized spacial score (nSPS) is 13.8. The van der Waals surface area contributed by atoms with Gasteiger partial charge in [-0.05, 0) is 56.5 Å². The summed E-state index contributed by atoms with van der Waals surface area (Å²) in [5.41, 5.74) is 0.713. The van der Waals surface area contributed by atoms with Crippen LogP contribution in [0, 0.1) is 17.7 Å². The average molecular weight is 595 g/mol. The zero-order chi connectivity index (χ0) is 31.5. The van der Waals surface area contributed by atoms with Crippen molar-refractivity contribution in [2.45, 2.75) is 65.7 Å². The lowest BCUT2D eigenvalue weighted by atomic mass is 9.89. The smallest absolute Gasteiger partial charge is 0.328 e. The number of pyridine rings is 1. The van der Waals surface area contributed by atoms with Crippen LogP contribution in [0.25, 0.3) is 0 Å². The summed E-state index contributed by atoms with van der Waals surface area (Å²) in [6, 6.07) is 15.9. The Morgan fingerprint density at radius 2 is 1.60 bits per heavy atom. The van der Waals surface area contributed by atoms with E-state index in [-0.39, 0.29) is 28.9 Å². The van der Waals surface area contributed by atoms with E-state index >= 15 is 0 Å². The van der Waals surface area contributed by atoms with Crippen LogP contribution < -0.4 is 19.5 Å². The molecule has 3 aromatic rings. The number of hydrogen-bond acceptors (Lipinski definition) is 8. The molecule has 43 heavy (non-hydrogen) atoms. The monoisotopic (exact) mass is 594 g/mol. The molecule has 0 radical (unpaired) electrons. The summed E-state index contributed by atoms with van der Waals surface area (Å²) >= 11 is 0. The summed E-state index contributed by atoms with van der Waals surface area (Å²) in [6.45, 7) is 8.54. The molecule has 1 N–H and O–H groups in total. The van der Waals surface area contributed by atoms with Gasteiger partial charge >= 0.3 is 11.9 Å². The maximum absolute atomic E-state index is 13.5. The van der Waals surface area contributed by atoms with Crippen molar-refractivity contribution in [3.05, 3.63) is 83.9 Å². The zero-order valence-electron chi connectivity index (χ0n) is 25.3. The van der Waals surface area contributed by atoms with Gasteiger partial charge in [0.25, 0.3) is 5.91 Å². The fourth-order valence-corrected chi connectivity index (χ4v) is 4.39. The molecule has 0 spiro atoms. The molecule has 2 aromatic carbocycles. The Morgan fingerprint density at radius 3 is 2.21 bits per heavy atom. The molecule has 0 aliphatic carbocycles. The Kier molecular flexibility index (Phi) is 12.0. The number of amides is 1. The summed E-state index contributed by atoms with van der Waals surface area (Å²) in [7, 11) is 1.37. The Balaban J connectivity index is 1.76. The van der Waals surface area contributed by atoms with Crippen molar-refractivity contribution in [3.8, 4) is 17.2 Å². The molecule has 230 valence electrons. The van der Waals surface area contributed by atoms with E-state index in [1.807, 2.05) is 37.3 Å². The molecule has 0 fully saturated rings. The number of methoxy groups -OCH3 is 1. The van der Waals surface area contributed by atoms with Crippen molar-refractivity contribution in [1.29, 1.82) is 0 Å². The van der Waals surface area contributed by atoms with Crippen LogP contribution in [-0.4, -0.2) is 48.2 Å². The first kappa shape index (κ1) is 33.0. The highest BCUT2D eigenvalue weighted by Crippen LogP contribution is 2.30. The van der Waals surface area contributed by atoms with Gasteiger partial charge in [0.2, 0.25) is 5.75 Å². The van der Waals surface area contributed by atoms with E-state index in [2.05, 4.69) is 10.3 Å². The lowest BCUT2D eigenvalue weighted by Gasteiger charge is -2.32. The zero-order valence-corrected chi connectivity index (χ0v) is 25.3. The van der Waals surface area contributed by atoms with Crippen molar-refractivity contribution in [2.24, 2.45) is 11.8 Å². The highest BCUT2D eigenvalue weighted by atomic mass is 19.1. The minimum Gasteiger partial charge on any atom is -0.493 e. The number of esters is 2. The van der Waals surface area contributed by atoms with Gasteiger partial charge in [-0.3, -0.25) is 9.59 Å². The Bertz CT molecular complexity index is 1370. The molecule has 3 rings (SSSR count). The third kappa shape index (κ3) is 9.26. The van der Waals surface area contributed by atoms with Crippen molar-refractivity contribution in [3.63, 3.8) is 0 Å². The van der Waals surface area contributed by atoms with Crippen LogP contribution in [0.4, 0.5) is 4.39 Å². The topological polar surface area (TPSA) is 113 Å². The number of halogens is 1. The lowest BCUT2D eigenvalue weighted by molar-refractivity contribution is -0.156. The number of nitrogens with zero attached hydrogens (tertiary/aromatic N) is 1. The van der Waals surface area contributed by atoms with Crippen LogP contribution in [0.15, 0.2) is 66.9 Å². The summed E-state index contributed by atoms with van der Waals surface area (Å²) in [5.74, 6) is -2.26. The molecule has 0 saturated carbocycles. The average Bonchev–Trinajstić information content (AvgIpc) is 3.00. The minimum absolute atomic E-state index is 0.0856. The van der Waals surface area contributed by atoms with E-state index < -0.39 is 42.0 Å². The standard InChI is InChI=1S/C33H39FN2O7/c1-7-24(19-23-13-15-25(34)16-14-23)29(42-26-11-9-8-10-12-26)22(5)41-33(39)21(4)36-31(37)28-30(43-32(38)20(2)3)27(40-6)17-18-35-28/h8-18,20-22,24,29H,7,19H2,1-6H3,(H,36,37)/t21-,22-,24+,29-/m0/s1. The van der Waals surface area contributed by atoms with E-state index in [4.69, 9.17) is 18.9 Å². The first-order valence-corrected chi connectivity index (χ1v) is 14.3. The maximum atomic E-state index is 13.5. The number of nitrogens with one attached hydrogen (secondary N) is 1. The number of carbonyl (C=O) groups excluding carboxylic acids is 3. The van der Waals surface area contributed by atoms with Crippen LogP contribution in [0.3, 0.4) is 0 Å². The molecule has 10 heteroatoms. The number of hydrogen-bond donors (Lipinski definition) is 1. The minimum atomic E-state index is -1.08. The molecule has 0 aliphatic heterocycles. The molecular weight excluding hydrogens is 555 g/mol. The number of ether oxygens (including phenoxy) is 4. The Hall–Kier alpha value is -4.47. The summed E-state index contributed by atoms with van der Waals surface area (Å²) in [5, 5.41) is 2.57.